The van der Waals surface area contributed by atoms with E-state index in [1.54, 1.807) is 12.4 Å². The molecule has 27 heavy (non-hydrogen) atoms. The zero-order valence-electron chi connectivity index (χ0n) is 16.0. The second-order valence-corrected chi connectivity index (χ2v) is 7.99. The Kier molecular flexibility index (Phi) is 7.63. The topological polar surface area (TPSA) is 71.5 Å². The predicted molar refractivity (Wildman–Crippen MR) is 107 cm³/mol. The SMILES string of the molecule is CC(C)(C)c1ccc(OCC(=O)NCC(CO)Cc2ccncc2Cl)cc1. The van der Waals surface area contributed by atoms with Crippen LogP contribution in [0.4, 0.5) is 0 Å². The molecule has 0 radical (unpaired) electrons. The zero-order valence-corrected chi connectivity index (χ0v) is 16.8. The molecule has 0 bridgehead atoms. The van der Waals surface area contributed by atoms with Crippen molar-refractivity contribution in [3.05, 3.63) is 58.9 Å². The monoisotopic (exact) mass is 390 g/mol. The molecular formula is C21H27ClN2O3. The standard InChI is InChI=1S/C21H27ClN2O3/c1-21(2,3)17-4-6-18(7-5-17)27-14-20(26)24-11-15(13-25)10-16-8-9-23-12-19(16)22/h4-9,12,15,25H,10-11,13-14H2,1-3H3,(H,24,26). The van der Waals surface area contributed by atoms with Crippen LogP contribution in [0.25, 0.3) is 0 Å². The lowest BCUT2D eigenvalue weighted by molar-refractivity contribution is -0.123. The number of carbonyl (C=O) groups is 1. The second kappa shape index (κ2) is 9.72. The number of aliphatic hydroxyl groups is 1. The molecule has 0 saturated carbocycles. The summed E-state index contributed by atoms with van der Waals surface area (Å²) in [5.41, 5.74) is 2.18. The Balaban J connectivity index is 1.78. The fraction of sp³-hybridized carbons (Fsp3) is 0.429. The van der Waals surface area contributed by atoms with E-state index in [-0.39, 0.29) is 30.5 Å². The van der Waals surface area contributed by atoms with Crippen LogP contribution in [0.2, 0.25) is 5.02 Å². The van der Waals surface area contributed by atoms with Gasteiger partial charge in [0, 0.05) is 31.5 Å². The lowest BCUT2D eigenvalue weighted by Crippen LogP contribution is -2.35. The summed E-state index contributed by atoms with van der Waals surface area (Å²) in [7, 11) is 0. The molecule has 2 N–H and O–H groups in total. The minimum Gasteiger partial charge on any atom is -0.484 e. The zero-order chi connectivity index (χ0) is 19.9. The van der Waals surface area contributed by atoms with E-state index < -0.39 is 0 Å². The van der Waals surface area contributed by atoms with Gasteiger partial charge in [0.15, 0.2) is 6.61 Å². The van der Waals surface area contributed by atoms with Crippen molar-refractivity contribution < 1.29 is 14.6 Å². The summed E-state index contributed by atoms with van der Waals surface area (Å²) < 4.78 is 5.53. The van der Waals surface area contributed by atoms with Gasteiger partial charge in [0.25, 0.3) is 5.91 Å². The van der Waals surface area contributed by atoms with Crippen LogP contribution >= 0.6 is 11.6 Å². The van der Waals surface area contributed by atoms with E-state index in [1.165, 1.54) is 5.56 Å². The van der Waals surface area contributed by atoms with Crippen LogP contribution in [0.5, 0.6) is 5.75 Å². The van der Waals surface area contributed by atoms with Gasteiger partial charge in [-0.3, -0.25) is 9.78 Å². The van der Waals surface area contributed by atoms with Gasteiger partial charge in [-0.15, -0.1) is 0 Å². The van der Waals surface area contributed by atoms with Gasteiger partial charge in [-0.1, -0.05) is 44.5 Å². The molecule has 0 spiro atoms. The highest BCUT2D eigenvalue weighted by atomic mass is 35.5. The summed E-state index contributed by atoms with van der Waals surface area (Å²) in [5.74, 6) is 0.300. The number of pyridine rings is 1. The van der Waals surface area contributed by atoms with E-state index in [4.69, 9.17) is 16.3 Å². The molecule has 0 fully saturated rings. The average molecular weight is 391 g/mol. The summed E-state index contributed by atoms with van der Waals surface area (Å²) in [6.45, 7) is 6.67. The number of rotatable bonds is 8. The van der Waals surface area contributed by atoms with Gasteiger partial charge in [-0.2, -0.15) is 0 Å². The summed E-state index contributed by atoms with van der Waals surface area (Å²) in [4.78, 5) is 16.0. The molecule has 1 heterocycles. The number of aliphatic hydroxyl groups excluding tert-OH is 1. The normalized spacial score (nSPS) is 12.5. The van der Waals surface area contributed by atoms with Gasteiger partial charge in [0.2, 0.25) is 0 Å². The highest BCUT2D eigenvalue weighted by Gasteiger charge is 2.14. The van der Waals surface area contributed by atoms with Crippen LogP contribution in [0, 0.1) is 5.92 Å². The Labute approximate surface area is 165 Å². The number of nitrogens with zero attached hydrogens (tertiary/aromatic N) is 1. The second-order valence-electron chi connectivity index (χ2n) is 7.59. The van der Waals surface area contributed by atoms with Gasteiger partial charge in [0.1, 0.15) is 5.75 Å². The van der Waals surface area contributed by atoms with Crippen molar-refractivity contribution in [2.75, 3.05) is 19.8 Å². The van der Waals surface area contributed by atoms with Crippen molar-refractivity contribution in [1.29, 1.82) is 0 Å². The Morgan fingerprint density at radius 2 is 1.96 bits per heavy atom. The van der Waals surface area contributed by atoms with E-state index in [1.807, 2.05) is 30.3 Å². The number of hydrogen-bond donors (Lipinski definition) is 2. The van der Waals surface area contributed by atoms with Crippen LogP contribution in [0.15, 0.2) is 42.7 Å². The number of carbonyl (C=O) groups excluding carboxylic acids is 1. The molecule has 1 aromatic heterocycles. The average Bonchev–Trinajstić information content (AvgIpc) is 2.64. The van der Waals surface area contributed by atoms with E-state index in [0.29, 0.717) is 23.7 Å². The largest absolute Gasteiger partial charge is 0.484 e. The lowest BCUT2D eigenvalue weighted by Gasteiger charge is -2.19. The number of nitrogens with one attached hydrogen (secondary N) is 1. The molecule has 0 aliphatic carbocycles. The molecule has 0 aliphatic heterocycles. The molecule has 146 valence electrons. The van der Waals surface area contributed by atoms with Crippen molar-refractivity contribution in [3.8, 4) is 5.75 Å². The summed E-state index contributed by atoms with van der Waals surface area (Å²) >= 11 is 6.09. The van der Waals surface area contributed by atoms with Crippen LogP contribution in [0.1, 0.15) is 31.9 Å². The Morgan fingerprint density at radius 3 is 2.56 bits per heavy atom. The molecule has 2 rings (SSSR count). The van der Waals surface area contributed by atoms with E-state index in [2.05, 4.69) is 31.1 Å². The maximum absolute atomic E-state index is 12.0. The van der Waals surface area contributed by atoms with Crippen LogP contribution in [-0.4, -0.2) is 35.8 Å². The first-order valence-corrected chi connectivity index (χ1v) is 9.36. The first-order chi connectivity index (χ1) is 12.8. The Bertz CT molecular complexity index is 742. The van der Waals surface area contributed by atoms with Crippen molar-refractivity contribution in [3.63, 3.8) is 0 Å². The van der Waals surface area contributed by atoms with Crippen LogP contribution < -0.4 is 10.1 Å². The fourth-order valence-electron chi connectivity index (χ4n) is 2.59. The first kappa shape index (κ1) is 21.2. The van der Waals surface area contributed by atoms with Crippen molar-refractivity contribution >= 4 is 17.5 Å². The molecule has 1 amide bonds. The molecule has 6 heteroatoms. The highest BCUT2D eigenvalue weighted by Crippen LogP contribution is 2.24. The third kappa shape index (κ3) is 6.85. The molecule has 5 nitrogen and oxygen atoms in total. The van der Waals surface area contributed by atoms with Gasteiger partial charge in [0.05, 0.1) is 5.02 Å². The summed E-state index contributed by atoms with van der Waals surface area (Å²) in [6.07, 6.45) is 3.79. The van der Waals surface area contributed by atoms with E-state index >= 15 is 0 Å². The molecule has 0 aliphatic rings. The molecule has 1 unspecified atom stereocenters. The van der Waals surface area contributed by atoms with Gasteiger partial charge >= 0.3 is 0 Å². The van der Waals surface area contributed by atoms with Crippen molar-refractivity contribution in [1.82, 2.24) is 10.3 Å². The van der Waals surface area contributed by atoms with Gasteiger partial charge in [-0.05, 0) is 41.2 Å². The third-order valence-electron chi connectivity index (χ3n) is 4.30. The number of amides is 1. The fourth-order valence-corrected chi connectivity index (χ4v) is 2.79. The quantitative estimate of drug-likeness (QED) is 0.724. The molecule has 1 atom stereocenters. The number of halogens is 1. The van der Waals surface area contributed by atoms with E-state index in [9.17, 15) is 9.90 Å². The molecule has 2 aromatic rings. The maximum atomic E-state index is 12.0. The highest BCUT2D eigenvalue weighted by molar-refractivity contribution is 6.31. The number of aromatic nitrogens is 1. The molecule has 1 aromatic carbocycles. The third-order valence-corrected chi connectivity index (χ3v) is 4.64. The smallest absolute Gasteiger partial charge is 0.257 e. The lowest BCUT2D eigenvalue weighted by atomic mass is 9.87. The van der Waals surface area contributed by atoms with Gasteiger partial charge in [-0.25, -0.2) is 0 Å². The minimum atomic E-state index is -0.228. The van der Waals surface area contributed by atoms with Crippen LogP contribution in [-0.2, 0) is 16.6 Å². The number of benzene rings is 1. The van der Waals surface area contributed by atoms with Crippen molar-refractivity contribution in [2.24, 2.45) is 5.92 Å². The Hall–Kier alpha value is -2.11. The van der Waals surface area contributed by atoms with Gasteiger partial charge < -0.3 is 15.2 Å². The first-order valence-electron chi connectivity index (χ1n) is 8.99. The summed E-state index contributed by atoms with van der Waals surface area (Å²) in [6, 6.07) is 9.57. The molecule has 0 saturated heterocycles. The van der Waals surface area contributed by atoms with E-state index in [0.717, 1.165) is 5.56 Å². The number of ether oxygens (including phenoxy) is 1. The minimum absolute atomic E-state index is 0.0476. The summed E-state index contributed by atoms with van der Waals surface area (Å²) in [5, 5.41) is 12.9. The van der Waals surface area contributed by atoms with Crippen molar-refractivity contribution in [2.45, 2.75) is 32.6 Å². The van der Waals surface area contributed by atoms with Crippen LogP contribution in [0.3, 0.4) is 0 Å². The maximum Gasteiger partial charge on any atom is 0.257 e. The Morgan fingerprint density at radius 1 is 1.26 bits per heavy atom. The molecular weight excluding hydrogens is 364 g/mol. The number of hydrogen-bond acceptors (Lipinski definition) is 4. The predicted octanol–water partition coefficient (Wildman–Crippen LogP) is 3.38.